The van der Waals surface area contributed by atoms with Gasteiger partial charge < -0.3 is 5.32 Å². The van der Waals surface area contributed by atoms with E-state index in [2.05, 4.69) is 12.2 Å². The Balaban J connectivity index is 1.98. The van der Waals surface area contributed by atoms with Gasteiger partial charge in [-0.15, -0.1) is 0 Å². The van der Waals surface area contributed by atoms with Gasteiger partial charge in [-0.2, -0.15) is 0 Å². The number of carbonyl (C=O) groups is 1. The molecule has 20 heavy (non-hydrogen) atoms. The van der Waals surface area contributed by atoms with E-state index in [0.717, 1.165) is 12.1 Å². The maximum Gasteiger partial charge on any atom is 0.187 e. The molecule has 3 heteroatoms. The van der Waals surface area contributed by atoms with Crippen molar-refractivity contribution in [2.75, 3.05) is 5.32 Å². The normalized spacial score (nSPS) is 10.7. The van der Waals surface area contributed by atoms with E-state index in [1.165, 1.54) is 11.6 Å². The second-order valence-electron chi connectivity index (χ2n) is 4.40. The van der Waals surface area contributed by atoms with Crippen LogP contribution in [0.2, 0.25) is 5.02 Å². The lowest BCUT2D eigenvalue weighted by molar-refractivity contribution is 0.104. The molecule has 2 nitrogen and oxygen atoms in total. The molecule has 0 heterocycles. The molecule has 0 unspecified atom stereocenters. The molecule has 0 spiro atoms. The van der Waals surface area contributed by atoms with Crippen molar-refractivity contribution in [3.05, 3.63) is 77.0 Å². The lowest BCUT2D eigenvalue weighted by Gasteiger charge is -2.01. The van der Waals surface area contributed by atoms with Gasteiger partial charge in [0, 0.05) is 28.5 Å². The Morgan fingerprint density at radius 2 is 1.95 bits per heavy atom. The topological polar surface area (TPSA) is 29.1 Å². The summed E-state index contributed by atoms with van der Waals surface area (Å²) in [7, 11) is 0. The standard InChI is InChI=1S/C17H16ClNO/c1-2-13-6-8-14(9-7-13)17(20)10-11-19-16-5-3-4-15(18)12-16/h3-12,19H,2H2,1H3/b11-10+. The smallest absolute Gasteiger partial charge is 0.187 e. The van der Waals surface area contributed by atoms with Crippen molar-refractivity contribution in [2.45, 2.75) is 13.3 Å². The van der Waals surface area contributed by atoms with Crippen LogP contribution < -0.4 is 5.32 Å². The quantitative estimate of drug-likeness (QED) is 0.637. The summed E-state index contributed by atoms with van der Waals surface area (Å²) in [6, 6.07) is 15.0. The summed E-state index contributed by atoms with van der Waals surface area (Å²) in [6.07, 6.45) is 4.12. The summed E-state index contributed by atoms with van der Waals surface area (Å²) < 4.78 is 0. The highest BCUT2D eigenvalue weighted by Gasteiger charge is 2.00. The molecule has 0 aliphatic rings. The summed E-state index contributed by atoms with van der Waals surface area (Å²) >= 11 is 5.88. The van der Waals surface area contributed by atoms with Gasteiger partial charge in [0.25, 0.3) is 0 Å². The van der Waals surface area contributed by atoms with Crippen LogP contribution in [0, 0.1) is 0 Å². The minimum atomic E-state index is -0.0258. The van der Waals surface area contributed by atoms with Gasteiger partial charge in [0.15, 0.2) is 5.78 Å². The van der Waals surface area contributed by atoms with E-state index in [1.54, 1.807) is 18.3 Å². The lowest BCUT2D eigenvalue weighted by Crippen LogP contribution is -1.96. The van der Waals surface area contributed by atoms with Crippen molar-refractivity contribution >= 4 is 23.1 Å². The SMILES string of the molecule is CCc1ccc(C(=O)/C=C/Nc2cccc(Cl)c2)cc1. The number of nitrogens with one attached hydrogen (secondary N) is 1. The number of aryl methyl sites for hydroxylation is 1. The molecular weight excluding hydrogens is 270 g/mol. The fourth-order valence-corrected chi connectivity index (χ4v) is 1.98. The second-order valence-corrected chi connectivity index (χ2v) is 4.84. The van der Waals surface area contributed by atoms with Crippen molar-refractivity contribution < 1.29 is 4.79 Å². The van der Waals surface area contributed by atoms with E-state index >= 15 is 0 Å². The number of carbonyl (C=O) groups excluding carboxylic acids is 1. The van der Waals surface area contributed by atoms with Crippen molar-refractivity contribution in [3.63, 3.8) is 0 Å². The number of anilines is 1. The van der Waals surface area contributed by atoms with Crippen LogP contribution >= 0.6 is 11.6 Å². The molecule has 0 aliphatic carbocycles. The minimum absolute atomic E-state index is 0.0258. The molecule has 2 rings (SSSR count). The Labute approximate surface area is 124 Å². The Morgan fingerprint density at radius 3 is 2.60 bits per heavy atom. The van der Waals surface area contributed by atoms with Crippen LogP contribution in [-0.2, 0) is 6.42 Å². The number of hydrogen-bond donors (Lipinski definition) is 1. The first-order valence-electron chi connectivity index (χ1n) is 6.51. The molecule has 1 N–H and O–H groups in total. The highest BCUT2D eigenvalue weighted by Crippen LogP contribution is 2.14. The third-order valence-electron chi connectivity index (χ3n) is 2.96. The number of ketones is 1. The van der Waals surface area contributed by atoms with Crippen LogP contribution in [0.4, 0.5) is 5.69 Å². The summed E-state index contributed by atoms with van der Waals surface area (Å²) in [5.74, 6) is -0.0258. The fourth-order valence-electron chi connectivity index (χ4n) is 1.79. The molecule has 0 aliphatic heterocycles. The van der Waals surface area contributed by atoms with E-state index < -0.39 is 0 Å². The molecule has 0 atom stereocenters. The van der Waals surface area contributed by atoms with Gasteiger partial charge in [-0.1, -0.05) is 48.9 Å². The van der Waals surface area contributed by atoms with E-state index in [0.29, 0.717) is 10.6 Å². The first kappa shape index (κ1) is 14.4. The van der Waals surface area contributed by atoms with E-state index in [4.69, 9.17) is 11.6 Å². The van der Waals surface area contributed by atoms with Crippen LogP contribution in [0.3, 0.4) is 0 Å². The van der Waals surface area contributed by atoms with Crippen LogP contribution in [0.25, 0.3) is 0 Å². The number of rotatable bonds is 5. The number of allylic oxidation sites excluding steroid dienone is 1. The summed E-state index contributed by atoms with van der Waals surface area (Å²) in [5, 5.41) is 3.68. The average Bonchev–Trinajstić information content (AvgIpc) is 2.47. The number of benzene rings is 2. The van der Waals surface area contributed by atoms with Crippen LogP contribution in [0.1, 0.15) is 22.8 Å². The highest BCUT2D eigenvalue weighted by molar-refractivity contribution is 6.30. The van der Waals surface area contributed by atoms with E-state index in [-0.39, 0.29) is 5.78 Å². The Bertz CT molecular complexity index is 617. The largest absolute Gasteiger partial charge is 0.362 e. The Hall–Kier alpha value is -2.06. The average molecular weight is 286 g/mol. The maximum absolute atomic E-state index is 11.9. The zero-order chi connectivity index (χ0) is 14.4. The first-order valence-corrected chi connectivity index (χ1v) is 6.89. The molecule has 2 aromatic carbocycles. The predicted octanol–water partition coefficient (Wildman–Crippen LogP) is 4.71. The number of hydrogen-bond acceptors (Lipinski definition) is 2. The van der Waals surface area contributed by atoms with Gasteiger partial charge in [-0.05, 0) is 30.2 Å². The third kappa shape index (κ3) is 3.97. The molecule has 2 aromatic rings. The van der Waals surface area contributed by atoms with E-state index in [1.807, 2.05) is 36.4 Å². The molecule has 0 bridgehead atoms. The molecule has 102 valence electrons. The van der Waals surface area contributed by atoms with Crippen LogP contribution in [0.15, 0.2) is 60.8 Å². The van der Waals surface area contributed by atoms with Crippen molar-refractivity contribution in [1.82, 2.24) is 0 Å². The van der Waals surface area contributed by atoms with Crippen LogP contribution in [0.5, 0.6) is 0 Å². The predicted molar refractivity (Wildman–Crippen MR) is 84.4 cm³/mol. The van der Waals surface area contributed by atoms with Crippen molar-refractivity contribution in [2.24, 2.45) is 0 Å². The third-order valence-corrected chi connectivity index (χ3v) is 3.19. The van der Waals surface area contributed by atoms with E-state index in [9.17, 15) is 4.79 Å². The molecule has 0 aromatic heterocycles. The molecule has 0 radical (unpaired) electrons. The maximum atomic E-state index is 11.9. The van der Waals surface area contributed by atoms with Gasteiger partial charge in [0.05, 0.1) is 0 Å². The monoisotopic (exact) mass is 285 g/mol. The Morgan fingerprint density at radius 1 is 1.20 bits per heavy atom. The van der Waals surface area contributed by atoms with Gasteiger partial charge in [-0.3, -0.25) is 4.79 Å². The molecule has 0 amide bonds. The number of halogens is 1. The summed E-state index contributed by atoms with van der Waals surface area (Å²) in [4.78, 5) is 11.9. The molecule has 0 fully saturated rings. The fraction of sp³-hybridized carbons (Fsp3) is 0.118. The van der Waals surface area contributed by atoms with Gasteiger partial charge in [-0.25, -0.2) is 0 Å². The molecular formula is C17H16ClNO. The van der Waals surface area contributed by atoms with Crippen LogP contribution in [-0.4, -0.2) is 5.78 Å². The highest BCUT2D eigenvalue weighted by atomic mass is 35.5. The van der Waals surface area contributed by atoms with Gasteiger partial charge in [0.2, 0.25) is 0 Å². The Kier molecular flexibility index (Phi) is 4.97. The van der Waals surface area contributed by atoms with Crippen molar-refractivity contribution in [1.29, 1.82) is 0 Å². The minimum Gasteiger partial charge on any atom is -0.362 e. The second kappa shape index (κ2) is 6.92. The van der Waals surface area contributed by atoms with Gasteiger partial charge in [0.1, 0.15) is 0 Å². The van der Waals surface area contributed by atoms with Crippen molar-refractivity contribution in [3.8, 4) is 0 Å². The molecule has 0 saturated heterocycles. The van der Waals surface area contributed by atoms with Gasteiger partial charge >= 0.3 is 0 Å². The zero-order valence-electron chi connectivity index (χ0n) is 11.3. The zero-order valence-corrected chi connectivity index (χ0v) is 12.0. The summed E-state index contributed by atoms with van der Waals surface area (Å²) in [6.45, 7) is 2.09. The molecule has 0 saturated carbocycles. The lowest BCUT2D eigenvalue weighted by atomic mass is 10.1. The summed E-state index contributed by atoms with van der Waals surface area (Å²) in [5.41, 5.74) is 2.76. The first-order chi connectivity index (χ1) is 9.69.